The van der Waals surface area contributed by atoms with Crippen molar-refractivity contribution >= 4 is 11.9 Å². The van der Waals surface area contributed by atoms with Gasteiger partial charge in [0.2, 0.25) is 11.9 Å². The maximum Gasteiger partial charge on any atom is 0.232 e. The fourth-order valence-corrected chi connectivity index (χ4v) is 7.04. The number of hydrogen-bond donors (Lipinski definition) is 0. The quantitative estimate of drug-likeness (QED) is 0.687. The second kappa shape index (κ2) is 8.03. The third-order valence-electron chi connectivity index (χ3n) is 8.41. The van der Waals surface area contributed by atoms with E-state index in [2.05, 4.69) is 16.5 Å². The van der Waals surface area contributed by atoms with Gasteiger partial charge in [-0.2, -0.15) is 10.1 Å². The molecule has 160 valence electrons. The van der Waals surface area contributed by atoms with Crippen LogP contribution in [0.4, 0.5) is 5.95 Å². The molecule has 0 bridgehead atoms. The minimum atomic E-state index is 0.112. The van der Waals surface area contributed by atoms with E-state index in [4.69, 9.17) is 10.1 Å². The van der Waals surface area contributed by atoms with Crippen LogP contribution in [0, 0.1) is 11.8 Å². The van der Waals surface area contributed by atoms with Crippen molar-refractivity contribution in [2.75, 3.05) is 4.90 Å². The van der Waals surface area contributed by atoms with Crippen LogP contribution in [0.3, 0.4) is 0 Å². The van der Waals surface area contributed by atoms with Crippen molar-refractivity contribution < 1.29 is 4.79 Å². The number of amides is 1. The van der Waals surface area contributed by atoms with Crippen molar-refractivity contribution in [1.82, 2.24) is 14.8 Å². The highest BCUT2D eigenvalue weighted by Gasteiger charge is 2.55. The van der Waals surface area contributed by atoms with Gasteiger partial charge in [0.25, 0.3) is 0 Å². The largest absolute Gasteiger partial charge is 0.277 e. The Labute approximate surface area is 175 Å². The average molecular weight is 399 g/mol. The number of carbonyl (C=O) groups is 1. The smallest absolute Gasteiger partial charge is 0.232 e. The first-order chi connectivity index (χ1) is 14.2. The Hall–Kier alpha value is -1.39. The molecule has 5 nitrogen and oxygen atoms in total. The van der Waals surface area contributed by atoms with E-state index in [0.717, 1.165) is 43.9 Å². The Balaban J connectivity index is 1.60. The third-order valence-corrected chi connectivity index (χ3v) is 8.41. The highest BCUT2D eigenvalue weighted by molar-refractivity contribution is 5.94. The van der Waals surface area contributed by atoms with Gasteiger partial charge in [0.1, 0.15) is 0 Å². The van der Waals surface area contributed by atoms with Gasteiger partial charge in [0, 0.05) is 24.3 Å². The molecule has 2 atom stereocenters. The van der Waals surface area contributed by atoms with E-state index >= 15 is 0 Å². The predicted octanol–water partition coefficient (Wildman–Crippen LogP) is 5.38. The van der Waals surface area contributed by atoms with Crippen molar-refractivity contribution in [2.24, 2.45) is 11.8 Å². The molecule has 5 rings (SSSR count). The Morgan fingerprint density at radius 2 is 1.66 bits per heavy atom. The van der Waals surface area contributed by atoms with Crippen LogP contribution in [0.25, 0.3) is 0 Å². The molecule has 0 aromatic carbocycles. The normalized spacial score (nSPS) is 29.5. The molecule has 29 heavy (non-hydrogen) atoms. The first kappa shape index (κ1) is 19.6. The first-order valence-corrected chi connectivity index (χ1v) is 12.5. The molecule has 1 spiro atoms. The van der Waals surface area contributed by atoms with E-state index in [1.54, 1.807) is 0 Å². The number of nitrogens with zero attached hydrogens (tertiary/aromatic N) is 4. The van der Waals surface area contributed by atoms with Crippen LogP contribution >= 0.6 is 0 Å². The molecule has 3 saturated carbocycles. The van der Waals surface area contributed by atoms with Gasteiger partial charge in [-0.15, -0.1) is 0 Å². The van der Waals surface area contributed by atoms with Crippen molar-refractivity contribution in [2.45, 2.75) is 121 Å². The van der Waals surface area contributed by atoms with Crippen LogP contribution in [0.15, 0.2) is 0 Å². The molecule has 0 radical (unpaired) electrons. The molecule has 2 heterocycles. The van der Waals surface area contributed by atoms with Crippen LogP contribution < -0.4 is 4.90 Å². The van der Waals surface area contributed by atoms with Crippen molar-refractivity contribution in [1.29, 1.82) is 0 Å². The maximum absolute atomic E-state index is 13.9. The minimum Gasteiger partial charge on any atom is -0.277 e. The second-order valence-corrected chi connectivity index (χ2v) is 10.2. The van der Waals surface area contributed by atoms with E-state index in [0.29, 0.717) is 17.9 Å². The number of anilines is 1. The molecule has 0 unspecified atom stereocenters. The van der Waals surface area contributed by atoms with Gasteiger partial charge in [-0.1, -0.05) is 58.3 Å². The number of aryl methyl sites for hydroxylation is 1. The van der Waals surface area contributed by atoms with E-state index in [-0.39, 0.29) is 11.5 Å². The monoisotopic (exact) mass is 398 g/mol. The predicted molar refractivity (Wildman–Crippen MR) is 115 cm³/mol. The average Bonchev–Trinajstić information content (AvgIpc) is 3.20. The summed E-state index contributed by atoms with van der Waals surface area (Å²) in [7, 11) is 0. The molecule has 0 N–H and O–H groups in total. The summed E-state index contributed by atoms with van der Waals surface area (Å²) in [5.74, 6) is 2.99. The molecule has 5 heteroatoms. The molecule has 1 aromatic heterocycles. The zero-order chi connectivity index (χ0) is 19.8. The molecule has 3 aliphatic carbocycles. The van der Waals surface area contributed by atoms with E-state index in [9.17, 15) is 4.79 Å². The first-order valence-electron chi connectivity index (χ1n) is 12.5. The Kier molecular flexibility index (Phi) is 5.42. The van der Waals surface area contributed by atoms with Crippen molar-refractivity contribution in [3.8, 4) is 0 Å². The van der Waals surface area contributed by atoms with Gasteiger partial charge < -0.3 is 0 Å². The zero-order valence-electron chi connectivity index (χ0n) is 18.2. The topological polar surface area (TPSA) is 51.0 Å². The summed E-state index contributed by atoms with van der Waals surface area (Å²) >= 11 is 0. The van der Waals surface area contributed by atoms with Crippen molar-refractivity contribution in [3.63, 3.8) is 0 Å². The molecule has 1 aromatic rings. The van der Waals surface area contributed by atoms with Gasteiger partial charge in [-0.25, -0.2) is 4.68 Å². The molecule has 4 aliphatic rings. The highest BCUT2D eigenvalue weighted by Crippen LogP contribution is 2.53. The fraction of sp³-hybridized carbons (Fsp3) is 0.875. The Morgan fingerprint density at radius 1 is 0.966 bits per heavy atom. The van der Waals surface area contributed by atoms with Gasteiger partial charge in [0.15, 0.2) is 5.82 Å². The van der Waals surface area contributed by atoms with Gasteiger partial charge >= 0.3 is 0 Å². The van der Waals surface area contributed by atoms with Crippen LogP contribution in [0.5, 0.6) is 0 Å². The standard InChI is InChI=1S/C24H38N4O/c1-2-11-21-25-23-27(22(29)18-12-5-3-6-13-18)20-15-8-7-14-19(20)24(28(23)26-21)16-9-4-10-17-24/h18-20H,2-17H2,1H3/t19-,20+/m1/s1. The Morgan fingerprint density at radius 3 is 2.41 bits per heavy atom. The van der Waals surface area contributed by atoms with Gasteiger partial charge in [0.05, 0.1) is 5.54 Å². The summed E-state index contributed by atoms with van der Waals surface area (Å²) in [6.45, 7) is 2.20. The lowest BCUT2D eigenvalue weighted by Gasteiger charge is -2.55. The molecular formula is C24H38N4O. The molecular weight excluding hydrogens is 360 g/mol. The number of hydrogen-bond acceptors (Lipinski definition) is 3. The summed E-state index contributed by atoms with van der Waals surface area (Å²) in [5.41, 5.74) is 0.112. The summed E-state index contributed by atoms with van der Waals surface area (Å²) in [6, 6.07) is 0.349. The lowest BCUT2D eigenvalue weighted by atomic mass is 9.64. The number of rotatable bonds is 3. The Bertz CT molecular complexity index is 729. The maximum atomic E-state index is 13.9. The number of aromatic nitrogens is 3. The molecule has 1 aliphatic heterocycles. The zero-order valence-corrected chi connectivity index (χ0v) is 18.2. The van der Waals surface area contributed by atoms with E-state index in [1.807, 2.05) is 0 Å². The summed E-state index contributed by atoms with van der Waals surface area (Å²) in [4.78, 5) is 21.1. The molecule has 0 saturated heterocycles. The summed E-state index contributed by atoms with van der Waals surface area (Å²) < 4.78 is 2.30. The lowest BCUT2D eigenvalue weighted by Crippen LogP contribution is -2.62. The number of carbonyl (C=O) groups excluding carboxylic acids is 1. The van der Waals surface area contributed by atoms with E-state index < -0.39 is 0 Å². The fourth-order valence-electron chi connectivity index (χ4n) is 7.04. The summed E-state index contributed by atoms with van der Waals surface area (Å²) in [6.07, 6.45) is 19.1. The van der Waals surface area contributed by atoms with Crippen LogP contribution in [0.1, 0.15) is 109 Å². The molecule has 3 fully saturated rings. The highest BCUT2D eigenvalue weighted by atomic mass is 16.2. The van der Waals surface area contributed by atoms with Gasteiger partial charge in [-0.3, -0.25) is 9.69 Å². The SMILES string of the molecule is CCCc1nc2n(n1)C1(CCCCC1)[C@@H]1CCCC[C@@H]1N2C(=O)C1CCCCC1. The van der Waals surface area contributed by atoms with Crippen molar-refractivity contribution in [3.05, 3.63) is 5.82 Å². The van der Waals surface area contributed by atoms with E-state index in [1.165, 1.54) is 70.6 Å². The van der Waals surface area contributed by atoms with Crippen LogP contribution in [0.2, 0.25) is 0 Å². The van der Waals surface area contributed by atoms with Crippen LogP contribution in [-0.2, 0) is 16.8 Å². The third kappa shape index (κ3) is 3.23. The second-order valence-electron chi connectivity index (χ2n) is 10.2. The minimum absolute atomic E-state index is 0.112. The number of fused-ring (bicyclic) bond motifs is 4. The van der Waals surface area contributed by atoms with Crippen LogP contribution in [-0.4, -0.2) is 26.7 Å². The molecule has 1 amide bonds. The van der Waals surface area contributed by atoms with Gasteiger partial charge in [-0.05, 0) is 44.9 Å². The summed E-state index contributed by atoms with van der Waals surface area (Å²) in [5, 5.41) is 5.10. The lowest BCUT2D eigenvalue weighted by molar-refractivity contribution is -0.125.